The smallest absolute Gasteiger partial charge is 0.341 e. The number of rotatable bonds is 8. The number of nitrogens with zero attached hydrogens (tertiary/aromatic N) is 1. The third-order valence-electron chi connectivity index (χ3n) is 6.27. The maximum absolute atomic E-state index is 12.8. The fourth-order valence-electron chi connectivity index (χ4n) is 5.23. The van der Waals surface area contributed by atoms with Crippen LogP contribution in [0.15, 0.2) is 0 Å². The van der Waals surface area contributed by atoms with Crippen LogP contribution in [-0.2, 0) is 32.7 Å². The standard InChI is InChI=1S/C19H30NO7P/c1-3-26-28(24,27-4-2)13-18(23)25-12-15-16(21)8-10-20-17(22)11-14-7-5-6-9-19(14,15)20/h14-15H,3-13H2,1-2H3/t14-,15+,19-/m0/s1. The molecule has 158 valence electrons. The Labute approximate surface area is 165 Å². The van der Waals surface area contributed by atoms with Gasteiger partial charge in [-0.1, -0.05) is 12.8 Å². The summed E-state index contributed by atoms with van der Waals surface area (Å²) in [7, 11) is -3.55. The quantitative estimate of drug-likeness (QED) is 0.444. The molecule has 2 heterocycles. The van der Waals surface area contributed by atoms with Crippen molar-refractivity contribution in [1.29, 1.82) is 0 Å². The Balaban J connectivity index is 1.71. The normalized spacial score (nSPS) is 30.1. The van der Waals surface area contributed by atoms with E-state index >= 15 is 0 Å². The minimum atomic E-state index is -3.55. The highest BCUT2D eigenvalue weighted by Crippen LogP contribution is 2.53. The number of carbonyl (C=O) groups excluding carboxylic acids is 3. The highest BCUT2D eigenvalue weighted by atomic mass is 31.2. The Morgan fingerprint density at radius 2 is 1.93 bits per heavy atom. The van der Waals surface area contributed by atoms with Gasteiger partial charge in [0.2, 0.25) is 5.91 Å². The molecule has 3 aliphatic rings. The maximum Gasteiger partial charge on any atom is 0.341 e. The van der Waals surface area contributed by atoms with Crippen molar-refractivity contribution < 1.29 is 32.7 Å². The average Bonchev–Trinajstić information content (AvgIpc) is 2.93. The molecule has 2 aliphatic heterocycles. The molecule has 3 atom stereocenters. The molecule has 1 aliphatic carbocycles. The Morgan fingerprint density at radius 1 is 1.21 bits per heavy atom. The van der Waals surface area contributed by atoms with E-state index in [4.69, 9.17) is 13.8 Å². The van der Waals surface area contributed by atoms with Gasteiger partial charge in [-0.05, 0) is 32.6 Å². The van der Waals surface area contributed by atoms with Crippen LogP contribution in [0, 0.1) is 11.8 Å². The number of hydrogen-bond donors (Lipinski definition) is 0. The van der Waals surface area contributed by atoms with Crippen LogP contribution in [0.1, 0.15) is 52.4 Å². The maximum atomic E-state index is 12.8. The van der Waals surface area contributed by atoms with E-state index in [1.807, 2.05) is 4.90 Å². The van der Waals surface area contributed by atoms with E-state index in [-0.39, 0.29) is 37.4 Å². The molecule has 0 aromatic carbocycles. The van der Waals surface area contributed by atoms with Gasteiger partial charge >= 0.3 is 13.6 Å². The predicted molar refractivity (Wildman–Crippen MR) is 101 cm³/mol. The molecule has 0 aromatic rings. The number of Topliss-reactive ketones (excluding diaryl/α,β-unsaturated/α-hetero) is 1. The van der Waals surface area contributed by atoms with E-state index in [2.05, 4.69) is 0 Å². The summed E-state index contributed by atoms with van der Waals surface area (Å²) < 4.78 is 28.2. The van der Waals surface area contributed by atoms with Crippen LogP contribution < -0.4 is 0 Å². The summed E-state index contributed by atoms with van der Waals surface area (Å²) in [5.74, 6) is -0.931. The second-order valence-electron chi connectivity index (χ2n) is 7.74. The van der Waals surface area contributed by atoms with Gasteiger partial charge in [0.15, 0.2) is 0 Å². The van der Waals surface area contributed by atoms with Crippen LogP contribution in [0.25, 0.3) is 0 Å². The third-order valence-corrected chi connectivity index (χ3v) is 8.22. The molecule has 0 bridgehead atoms. The zero-order chi connectivity index (χ0) is 20.4. The van der Waals surface area contributed by atoms with Gasteiger partial charge in [0.1, 0.15) is 18.6 Å². The summed E-state index contributed by atoms with van der Waals surface area (Å²) in [5, 5.41) is 0. The number of ketones is 1. The van der Waals surface area contributed by atoms with Crippen molar-refractivity contribution in [3.8, 4) is 0 Å². The van der Waals surface area contributed by atoms with Gasteiger partial charge in [-0.3, -0.25) is 18.9 Å². The van der Waals surface area contributed by atoms with Crippen molar-refractivity contribution in [1.82, 2.24) is 4.90 Å². The largest absolute Gasteiger partial charge is 0.464 e. The van der Waals surface area contributed by atoms with Crippen LogP contribution in [0.4, 0.5) is 0 Å². The molecule has 9 heteroatoms. The lowest BCUT2D eigenvalue weighted by molar-refractivity contribution is -0.155. The molecule has 1 spiro atoms. The fraction of sp³-hybridized carbons (Fsp3) is 0.842. The Kier molecular flexibility index (Phi) is 6.62. The van der Waals surface area contributed by atoms with Gasteiger partial charge in [0.05, 0.1) is 24.7 Å². The summed E-state index contributed by atoms with van der Waals surface area (Å²) in [6.45, 7) is 4.04. The van der Waals surface area contributed by atoms with Crippen molar-refractivity contribution in [3.63, 3.8) is 0 Å². The fourth-order valence-corrected chi connectivity index (χ4v) is 6.69. The molecule has 3 rings (SSSR count). The molecule has 0 radical (unpaired) electrons. The summed E-state index contributed by atoms with van der Waals surface area (Å²) >= 11 is 0. The first-order valence-electron chi connectivity index (χ1n) is 10.2. The van der Waals surface area contributed by atoms with E-state index in [1.165, 1.54) is 0 Å². The van der Waals surface area contributed by atoms with Gasteiger partial charge in [0.25, 0.3) is 0 Å². The molecule has 1 amide bonds. The Bertz CT molecular complexity index is 671. The lowest BCUT2D eigenvalue weighted by atomic mass is 9.63. The first kappa shape index (κ1) is 21.5. The molecule has 0 aromatic heterocycles. The predicted octanol–water partition coefficient (Wildman–Crippen LogP) is 2.55. The highest BCUT2D eigenvalue weighted by Gasteiger charge is 2.61. The second-order valence-corrected chi connectivity index (χ2v) is 9.79. The number of carbonyl (C=O) groups is 3. The van der Waals surface area contributed by atoms with Crippen LogP contribution in [0.5, 0.6) is 0 Å². The zero-order valence-corrected chi connectivity index (χ0v) is 17.6. The molecule has 0 unspecified atom stereocenters. The van der Waals surface area contributed by atoms with Crippen LogP contribution in [-0.4, -0.2) is 60.6 Å². The zero-order valence-electron chi connectivity index (χ0n) is 16.7. The third kappa shape index (κ3) is 3.91. The van der Waals surface area contributed by atoms with Crippen LogP contribution in [0.2, 0.25) is 0 Å². The number of amides is 1. The van der Waals surface area contributed by atoms with Crippen LogP contribution in [0.3, 0.4) is 0 Å². The molecular formula is C19H30NO7P. The first-order valence-corrected chi connectivity index (χ1v) is 12.0. The van der Waals surface area contributed by atoms with Crippen molar-refractivity contribution in [2.24, 2.45) is 11.8 Å². The lowest BCUT2D eigenvalue weighted by Gasteiger charge is -2.52. The molecule has 2 saturated heterocycles. The molecule has 28 heavy (non-hydrogen) atoms. The summed E-state index contributed by atoms with van der Waals surface area (Å²) in [6.07, 6.45) is 3.99. The van der Waals surface area contributed by atoms with Crippen molar-refractivity contribution >= 4 is 25.3 Å². The van der Waals surface area contributed by atoms with Gasteiger partial charge < -0.3 is 18.7 Å². The minimum absolute atomic E-state index is 0.0449. The van der Waals surface area contributed by atoms with Crippen LogP contribution >= 0.6 is 7.60 Å². The van der Waals surface area contributed by atoms with E-state index in [0.717, 1.165) is 25.7 Å². The second kappa shape index (κ2) is 8.64. The van der Waals surface area contributed by atoms with Gasteiger partial charge in [0, 0.05) is 19.4 Å². The molecule has 8 nitrogen and oxygen atoms in total. The lowest BCUT2D eigenvalue weighted by Crippen LogP contribution is -2.63. The molecule has 0 N–H and O–H groups in total. The summed E-state index contributed by atoms with van der Waals surface area (Å²) in [5.41, 5.74) is -0.519. The highest BCUT2D eigenvalue weighted by molar-refractivity contribution is 7.54. The number of esters is 1. The number of ether oxygens (including phenoxy) is 1. The minimum Gasteiger partial charge on any atom is -0.464 e. The summed E-state index contributed by atoms with van der Waals surface area (Å²) in [6, 6.07) is 0. The Morgan fingerprint density at radius 3 is 2.61 bits per heavy atom. The van der Waals surface area contributed by atoms with Crippen molar-refractivity contribution in [3.05, 3.63) is 0 Å². The monoisotopic (exact) mass is 415 g/mol. The Hall–Kier alpha value is -1.24. The number of hydrogen-bond acceptors (Lipinski definition) is 7. The van der Waals surface area contributed by atoms with E-state index in [1.54, 1.807) is 13.8 Å². The topological polar surface area (TPSA) is 99.2 Å². The van der Waals surface area contributed by atoms with E-state index in [9.17, 15) is 18.9 Å². The first-order chi connectivity index (χ1) is 13.4. The van der Waals surface area contributed by atoms with Gasteiger partial charge in [-0.25, -0.2) is 0 Å². The summed E-state index contributed by atoms with van der Waals surface area (Å²) in [4.78, 5) is 39.5. The van der Waals surface area contributed by atoms with Gasteiger partial charge in [-0.2, -0.15) is 0 Å². The van der Waals surface area contributed by atoms with E-state index in [0.29, 0.717) is 19.4 Å². The SMILES string of the molecule is CCOP(=O)(CC(=O)OC[C@@H]1C(=O)CCN2C(=O)C[C@@H]3CCCC[C@]312)OCC. The molecular weight excluding hydrogens is 385 g/mol. The van der Waals surface area contributed by atoms with Gasteiger partial charge in [-0.15, -0.1) is 0 Å². The van der Waals surface area contributed by atoms with Crippen molar-refractivity contribution in [2.45, 2.75) is 57.9 Å². The molecule has 1 saturated carbocycles. The average molecular weight is 415 g/mol. The van der Waals surface area contributed by atoms with E-state index < -0.39 is 31.2 Å². The molecule has 3 fully saturated rings. The number of piperidine rings is 1. The van der Waals surface area contributed by atoms with Crippen molar-refractivity contribution in [2.75, 3.05) is 32.5 Å².